The van der Waals surface area contributed by atoms with Crippen LogP contribution in [0.1, 0.15) is 44.5 Å². The number of aryl methyl sites for hydroxylation is 3. The van der Waals surface area contributed by atoms with Gasteiger partial charge >= 0.3 is 0 Å². The Bertz CT molecular complexity index is 621. The Kier molecular flexibility index (Phi) is 3.57. The predicted octanol–water partition coefficient (Wildman–Crippen LogP) is 3.94. The average molecular weight is 288 g/mol. The Morgan fingerprint density at radius 1 is 1.25 bits per heavy atom. The Morgan fingerprint density at radius 2 is 2.05 bits per heavy atom. The first-order valence-electron chi connectivity index (χ1n) is 7.05. The van der Waals surface area contributed by atoms with Gasteiger partial charge in [0, 0.05) is 15.3 Å². The van der Waals surface area contributed by atoms with E-state index in [1.807, 2.05) is 13.0 Å². The number of fused-ring (bicyclic) bond motifs is 1. The number of hydrogen-bond donors (Lipinski definition) is 1. The monoisotopic (exact) mass is 288 g/mol. The standard InChI is InChI=1S/C17H20O2S/c1-10-7-8-13(17(19-3)11(10)2)16(18)15-9-12-5-4-6-14(12)20-15/h7-9,16,18H,4-6H2,1-3H3. The van der Waals surface area contributed by atoms with Gasteiger partial charge in [-0.1, -0.05) is 12.1 Å². The third-order valence-corrected chi connectivity index (χ3v) is 5.53. The molecule has 0 fully saturated rings. The first-order valence-corrected chi connectivity index (χ1v) is 7.87. The van der Waals surface area contributed by atoms with Crippen LogP contribution in [0.4, 0.5) is 0 Å². The highest BCUT2D eigenvalue weighted by Crippen LogP contribution is 2.39. The van der Waals surface area contributed by atoms with Gasteiger partial charge in [0.05, 0.1) is 7.11 Å². The molecule has 1 unspecified atom stereocenters. The number of thiophene rings is 1. The van der Waals surface area contributed by atoms with Crippen molar-refractivity contribution in [2.24, 2.45) is 0 Å². The molecule has 1 aliphatic carbocycles. The minimum absolute atomic E-state index is 0.583. The molecule has 0 bridgehead atoms. The summed E-state index contributed by atoms with van der Waals surface area (Å²) in [4.78, 5) is 2.48. The second-order valence-electron chi connectivity index (χ2n) is 5.48. The van der Waals surface area contributed by atoms with Crippen molar-refractivity contribution < 1.29 is 9.84 Å². The van der Waals surface area contributed by atoms with Crippen LogP contribution < -0.4 is 4.74 Å². The summed E-state index contributed by atoms with van der Waals surface area (Å²) in [6, 6.07) is 6.21. The molecule has 0 saturated carbocycles. The highest BCUT2D eigenvalue weighted by molar-refractivity contribution is 7.12. The molecule has 20 heavy (non-hydrogen) atoms. The number of rotatable bonds is 3. The number of aliphatic hydroxyl groups is 1. The van der Waals surface area contributed by atoms with Crippen LogP contribution in [0, 0.1) is 13.8 Å². The summed E-state index contributed by atoms with van der Waals surface area (Å²) in [5.74, 6) is 0.811. The van der Waals surface area contributed by atoms with E-state index in [9.17, 15) is 5.11 Å². The molecule has 3 rings (SSSR count). The van der Waals surface area contributed by atoms with Crippen molar-refractivity contribution >= 4 is 11.3 Å². The fraction of sp³-hybridized carbons (Fsp3) is 0.412. The molecule has 0 spiro atoms. The lowest BCUT2D eigenvalue weighted by Crippen LogP contribution is -2.03. The largest absolute Gasteiger partial charge is 0.496 e. The SMILES string of the molecule is COc1c(C(O)c2cc3c(s2)CCC3)ccc(C)c1C. The van der Waals surface area contributed by atoms with Gasteiger partial charge in [-0.2, -0.15) is 0 Å². The van der Waals surface area contributed by atoms with Gasteiger partial charge in [0.1, 0.15) is 11.9 Å². The number of ether oxygens (including phenoxy) is 1. The number of methoxy groups -OCH3 is 1. The van der Waals surface area contributed by atoms with E-state index < -0.39 is 6.10 Å². The van der Waals surface area contributed by atoms with Crippen LogP contribution in [0.2, 0.25) is 0 Å². The van der Waals surface area contributed by atoms with Gasteiger partial charge in [-0.3, -0.25) is 0 Å². The van der Waals surface area contributed by atoms with Crippen LogP contribution in [-0.2, 0) is 12.8 Å². The lowest BCUT2D eigenvalue weighted by molar-refractivity contribution is 0.218. The molecule has 0 radical (unpaired) electrons. The molecule has 1 aliphatic rings. The Hall–Kier alpha value is -1.32. The van der Waals surface area contributed by atoms with E-state index in [-0.39, 0.29) is 0 Å². The lowest BCUT2D eigenvalue weighted by Gasteiger charge is -2.17. The van der Waals surface area contributed by atoms with Crippen molar-refractivity contribution in [2.75, 3.05) is 7.11 Å². The summed E-state index contributed by atoms with van der Waals surface area (Å²) >= 11 is 1.75. The molecular weight excluding hydrogens is 268 g/mol. The van der Waals surface area contributed by atoms with Crippen LogP contribution in [0.5, 0.6) is 5.75 Å². The van der Waals surface area contributed by atoms with Crippen molar-refractivity contribution in [2.45, 2.75) is 39.2 Å². The molecule has 1 aromatic heterocycles. The second kappa shape index (κ2) is 5.23. The summed E-state index contributed by atoms with van der Waals surface area (Å²) in [5, 5.41) is 10.7. The normalized spacial score (nSPS) is 15.2. The fourth-order valence-corrected chi connectivity index (χ4v) is 4.20. The minimum Gasteiger partial charge on any atom is -0.496 e. The van der Waals surface area contributed by atoms with Crippen LogP contribution in [-0.4, -0.2) is 12.2 Å². The summed E-state index contributed by atoms with van der Waals surface area (Å²) < 4.78 is 5.52. The molecule has 1 N–H and O–H groups in total. The van der Waals surface area contributed by atoms with E-state index >= 15 is 0 Å². The maximum atomic E-state index is 10.7. The second-order valence-corrected chi connectivity index (χ2v) is 6.65. The highest BCUT2D eigenvalue weighted by atomic mass is 32.1. The summed E-state index contributed by atoms with van der Waals surface area (Å²) in [5.41, 5.74) is 4.59. The molecule has 2 nitrogen and oxygen atoms in total. The quantitative estimate of drug-likeness (QED) is 0.927. The Morgan fingerprint density at radius 3 is 2.75 bits per heavy atom. The molecule has 1 heterocycles. The fourth-order valence-electron chi connectivity index (χ4n) is 2.94. The van der Waals surface area contributed by atoms with Crippen molar-refractivity contribution in [1.82, 2.24) is 0 Å². The van der Waals surface area contributed by atoms with Gasteiger partial charge in [0.15, 0.2) is 0 Å². The third kappa shape index (κ3) is 2.15. The van der Waals surface area contributed by atoms with E-state index in [1.54, 1.807) is 18.4 Å². The van der Waals surface area contributed by atoms with Crippen LogP contribution in [0.15, 0.2) is 18.2 Å². The molecule has 106 valence electrons. The van der Waals surface area contributed by atoms with E-state index in [2.05, 4.69) is 19.1 Å². The topological polar surface area (TPSA) is 29.5 Å². The smallest absolute Gasteiger partial charge is 0.128 e. The van der Waals surface area contributed by atoms with Gasteiger partial charge in [0.2, 0.25) is 0 Å². The average Bonchev–Trinajstić information content (AvgIpc) is 3.01. The third-order valence-electron chi connectivity index (χ3n) is 4.24. The van der Waals surface area contributed by atoms with Crippen molar-refractivity contribution in [3.63, 3.8) is 0 Å². The maximum Gasteiger partial charge on any atom is 0.128 e. The summed E-state index contributed by atoms with van der Waals surface area (Å²) in [6.07, 6.45) is 2.99. The molecule has 0 amide bonds. The van der Waals surface area contributed by atoms with E-state index in [0.29, 0.717) is 0 Å². The van der Waals surface area contributed by atoms with Gasteiger partial charge in [0.25, 0.3) is 0 Å². The minimum atomic E-state index is -0.583. The lowest BCUT2D eigenvalue weighted by atomic mass is 9.99. The van der Waals surface area contributed by atoms with Gasteiger partial charge in [-0.25, -0.2) is 0 Å². The van der Waals surface area contributed by atoms with Crippen molar-refractivity contribution in [3.05, 3.63) is 50.2 Å². The first-order chi connectivity index (χ1) is 9.61. The van der Waals surface area contributed by atoms with Gasteiger partial charge in [-0.15, -0.1) is 11.3 Å². The van der Waals surface area contributed by atoms with Crippen molar-refractivity contribution in [1.29, 1.82) is 0 Å². The molecule has 1 aromatic carbocycles. The van der Waals surface area contributed by atoms with Crippen LogP contribution in [0.25, 0.3) is 0 Å². The zero-order valence-corrected chi connectivity index (χ0v) is 13.0. The molecular formula is C17H20O2S. The highest BCUT2D eigenvalue weighted by Gasteiger charge is 2.23. The molecule has 0 saturated heterocycles. The van der Waals surface area contributed by atoms with Crippen LogP contribution >= 0.6 is 11.3 Å². The zero-order valence-electron chi connectivity index (χ0n) is 12.2. The van der Waals surface area contributed by atoms with E-state index in [4.69, 9.17) is 4.74 Å². The number of hydrogen-bond acceptors (Lipinski definition) is 3. The summed E-state index contributed by atoms with van der Waals surface area (Å²) in [6.45, 7) is 4.10. The van der Waals surface area contributed by atoms with Gasteiger partial charge < -0.3 is 9.84 Å². The zero-order chi connectivity index (χ0) is 14.3. The molecule has 2 aromatic rings. The maximum absolute atomic E-state index is 10.7. The number of benzene rings is 1. The predicted molar refractivity (Wildman–Crippen MR) is 82.9 cm³/mol. The molecule has 0 aliphatic heterocycles. The first kappa shape index (κ1) is 13.7. The van der Waals surface area contributed by atoms with Gasteiger partial charge in [-0.05, 0) is 55.9 Å². The van der Waals surface area contributed by atoms with Crippen molar-refractivity contribution in [3.8, 4) is 5.75 Å². The summed E-state index contributed by atoms with van der Waals surface area (Å²) in [7, 11) is 1.67. The Balaban J connectivity index is 2.01. The van der Waals surface area contributed by atoms with E-state index in [0.717, 1.165) is 34.6 Å². The molecule has 1 atom stereocenters. The van der Waals surface area contributed by atoms with E-state index in [1.165, 1.54) is 22.4 Å². The number of aliphatic hydroxyl groups excluding tert-OH is 1. The molecule has 3 heteroatoms. The Labute approximate surface area is 124 Å². The van der Waals surface area contributed by atoms with Crippen LogP contribution in [0.3, 0.4) is 0 Å².